The Morgan fingerprint density at radius 3 is 2.95 bits per heavy atom. The number of carbonyl (C=O) groups excluding carboxylic acids is 2. The summed E-state index contributed by atoms with van der Waals surface area (Å²) in [4.78, 5) is 30.5. The molecule has 3 heterocycles. The maximum Gasteiger partial charge on any atom is 0.414 e. The quantitative estimate of drug-likeness (QED) is 0.347. The van der Waals surface area contributed by atoms with Crippen LogP contribution in [0, 0.1) is 5.82 Å². The number of nitrogens with zero attached hydrogens (tertiary/aromatic N) is 2. The number of amides is 2. The molecule has 3 atom stereocenters. The summed E-state index contributed by atoms with van der Waals surface area (Å²) < 4.78 is 25.1. The smallest absolute Gasteiger partial charge is 0.414 e. The van der Waals surface area contributed by atoms with Crippen molar-refractivity contribution in [2.45, 2.75) is 29.8 Å². The fourth-order valence-corrected chi connectivity index (χ4v) is 5.12. The number of hydrogen-bond donors (Lipinski definition) is 4. The number of pyridine rings is 1. The molecule has 2 aliphatic rings. The van der Waals surface area contributed by atoms with Crippen molar-refractivity contribution in [3.05, 3.63) is 54.0 Å². The second kappa shape index (κ2) is 10.5. The highest BCUT2D eigenvalue weighted by Gasteiger charge is 2.39. The van der Waals surface area contributed by atoms with Crippen molar-refractivity contribution in [2.75, 3.05) is 36.2 Å². The van der Waals surface area contributed by atoms with E-state index in [1.165, 1.54) is 23.8 Å². The zero-order chi connectivity index (χ0) is 26.1. The van der Waals surface area contributed by atoms with Gasteiger partial charge < -0.3 is 30.3 Å². The summed E-state index contributed by atoms with van der Waals surface area (Å²) in [6, 6.07) is 10.4. The lowest BCUT2D eigenvalue weighted by atomic mass is 10.1. The number of nitrogens with one attached hydrogen (secondary N) is 2. The highest BCUT2D eigenvalue weighted by Crippen LogP contribution is 2.35. The SMILES string of the molecule is COc1ccc2ncc(F)c(CNC[C@H](O)C(O)[C@@H]3CN(c4ccc5c(c4)NC(=O)CS5)C(=O)O3)c2c1. The van der Waals surface area contributed by atoms with E-state index in [1.807, 2.05) is 6.07 Å². The van der Waals surface area contributed by atoms with Crippen LogP contribution in [-0.4, -0.2) is 71.5 Å². The van der Waals surface area contributed by atoms with E-state index in [2.05, 4.69) is 15.6 Å². The number of halogens is 1. The molecule has 0 saturated carbocycles. The molecule has 0 aliphatic carbocycles. The minimum absolute atomic E-state index is 0.0142. The Kier molecular flexibility index (Phi) is 7.15. The lowest BCUT2D eigenvalue weighted by molar-refractivity contribution is -0.113. The fourth-order valence-electron chi connectivity index (χ4n) is 4.33. The van der Waals surface area contributed by atoms with Gasteiger partial charge in [0.2, 0.25) is 5.91 Å². The third-order valence-corrected chi connectivity index (χ3v) is 7.38. The second-order valence-electron chi connectivity index (χ2n) is 8.71. The van der Waals surface area contributed by atoms with E-state index in [-0.39, 0.29) is 25.5 Å². The first kappa shape index (κ1) is 25.2. The molecule has 2 aliphatic heterocycles. The van der Waals surface area contributed by atoms with Crippen molar-refractivity contribution in [3.63, 3.8) is 0 Å². The van der Waals surface area contributed by atoms with Gasteiger partial charge in [-0.2, -0.15) is 0 Å². The molecular weight excluding hydrogens is 503 g/mol. The summed E-state index contributed by atoms with van der Waals surface area (Å²) in [6.45, 7) is 0.00211. The zero-order valence-electron chi connectivity index (χ0n) is 19.8. The summed E-state index contributed by atoms with van der Waals surface area (Å²) in [7, 11) is 1.52. The number of fused-ring (bicyclic) bond motifs is 2. The van der Waals surface area contributed by atoms with Crippen LogP contribution in [0.3, 0.4) is 0 Å². The van der Waals surface area contributed by atoms with Crippen LogP contribution in [0.2, 0.25) is 0 Å². The Bertz CT molecular complexity index is 1360. The Morgan fingerprint density at radius 1 is 1.30 bits per heavy atom. The standard InChI is InChI=1S/C25H25FN4O6S/c1-35-14-3-4-18-15(7-14)16(17(26)9-28-18)8-27-10-20(31)24(33)21-11-30(25(34)36-21)13-2-5-22-19(6-13)29-23(32)12-37-22/h2-7,9,20-21,24,27,31,33H,8,10-12H2,1H3,(H,29,32)/t20-,21-,24?/m0/s1. The van der Waals surface area contributed by atoms with Crippen LogP contribution < -0.4 is 20.3 Å². The first-order valence-electron chi connectivity index (χ1n) is 11.6. The van der Waals surface area contributed by atoms with Crippen molar-refractivity contribution >= 4 is 46.0 Å². The zero-order valence-corrected chi connectivity index (χ0v) is 20.6. The van der Waals surface area contributed by atoms with Gasteiger partial charge in [-0.25, -0.2) is 9.18 Å². The number of aliphatic hydroxyl groups is 2. The highest BCUT2D eigenvalue weighted by molar-refractivity contribution is 8.00. The summed E-state index contributed by atoms with van der Waals surface area (Å²) >= 11 is 1.41. The predicted molar refractivity (Wildman–Crippen MR) is 135 cm³/mol. The first-order chi connectivity index (χ1) is 17.8. The van der Waals surface area contributed by atoms with Crippen molar-refractivity contribution in [1.29, 1.82) is 0 Å². The summed E-state index contributed by atoms with van der Waals surface area (Å²) in [5.74, 6) is 0.255. The van der Waals surface area contributed by atoms with E-state index in [9.17, 15) is 24.2 Å². The average Bonchev–Trinajstić information content (AvgIpc) is 3.29. The van der Waals surface area contributed by atoms with Gasteiger partial charge in [-0.05, 0) is 36.4 Å². The molecule has 1 fully saturated rings. The number of carbonyl (C=O) groups is 2. The van der Waals surface area contributed by atoms with Crippen molar-refractivity contribution in [1.82, 2.24) is 10.3 Å². The van der Waals surface area contributed by atoms with E-state index < -0.39 is 30.2 Å². The topological polar surface area (TPSA) is 133 Å². The molecule has 10 nitrogen and oxygen atoms in total. The summed E-state index contributed by atoms with van der Waals surface area (Å²) in [5.41, 5.74) is 2.05. The number of thioether (sulfide) groups is 1. The molecule has 194 valence electrons. The molecule has 3 aromatic rings. The number of aromatic nitrogens is 1. The van der Waals surface area contributed by atoms with Crippen LogP contribution >= 0.6 is 11.8 Å². The van der Waals surface area contributed by atoms with Gasteiger partial charge in [0.15, 0.2) is 6.10 Å². The molecule has 37 heavy (non-hydrogen) atoms. The van der Waals surface area contributed by atoms with E-state index in [0.717, 1.165) is 11.1 Å². The molecule has 2 aromatic carbocycles. The van der Waals surface area contributed by atoms with Gasteiger partial charge in [0.1, 0.15) is 17.7 Å². The largest absolute Gasteiger partial charge is 0.497 e. The van der Waals surface area contributed by atoms with E-state index in [0.29, 0.717) is 39.3 Å². The predicted octanol–water partition coefficient (Wildman–Crippen LogP) is 2.26. The monoisotopic (exact) mass is 528 g/mol. The fraction of sp³-hybridized carbons (Fsp3) is 0.320. The van der Waals surface area contributed by atoms with Gasteiger partial charge in [0.25, 0.3) is 0 Å². The Labute approximate surface area is 215 Å². The highest BCUT2D eigenvalue weighted by atomic mass is 32.2. The minimum Gasteiger partial charge on any atom is -0.497 e. The van der Waals surface area contributed by atoms with Gasteiger partial charge in [-0.1, -0.05) is 0 Å². The van der Waals surface area contributed by atoms with Gasteiger partial charge >= 0.3 is 6.09 Å². The van der Waals surface area contributed by atoms with Crippen LogP contribution in [0.4, 0.5) is 20.6 Å². The maximum absolute atomic E-state index is 14.5. The molecule has 0 bridgehead atoms. The lowest BCUT2D eigenvalue weighted by Crippen LogP contribution is -2.44. The third-order valence-electron chi connectivity index (χ3n) is 6.31. The van der Waals surface area contributed by atoms with Gasteiger partial charge in [-0.3, -0.25) is 14.7 Å². The van der Waals surface area contributed by atoms with E-state index in [1.54, 1.807) is 30.3 Å². The van der Waals surface area contributed by atoms with Crippen LogP contribution in [0.5, 0.6) is 5.75 Å². The minimum atomic E-state index is -1.38. The van der Waals surface area contributed by atoms with Gasteiger partial charge in [-0.15, -0.1) is 11.8 Å². The molecule has 0 radical (unpaired) electrons. The Morgan fingerprint density at radius 2 is 2.14 bits per heavy atom. The van der Waals surface area contributed by atoms with Crippen LogP contribution in [0.15, 0.2) is 47.5 Å². The summed E-state index contributed by atoms with van der Waals surface area (Å²) in [5, 5.41) is 27.5. The van der Waals surface area contributed by atoms with Crippen LogP contribution in [-0.2, 0) is 16.1 Å². The Hall–Kier alpha value is -3.45. The molecule has 1 aromatic heterocycles. The number of rotatable bonds is 8. The molecule has 5 rings (SSSR count). The molecule has 12 heteroatoms. The van der Waals surface area contributed by atoms with E-state index >= 15 is 0 Å². The number of anilines is 2. The molecule has 1 saturated heterocycles. The molecule has 4 N–H and O–H groups in total. The third kappa shape index (κ3) is 5.18. The van der Waals surface area contributed by atoms with Crippen LogP contribution in [0.25, 0.3) is 10.9 Å². The number of ether oxygens (including phenoxy) is 2. The normalized spacial score (nSPS) is 18.8. The molecule has 0 spiro atoms. The van der Waals surface area contributed by atoms with Crippen molar-refractivity contribution in [3.8, 4) is 5.75 Å². The molecule has 2 amide bonds. The lowest BCUT2D eigenvalue weighted by Gasteiger charge is -2.23. The average molecular weight is 529 g/mol. The van der Waals surface area contributed by atoms with Crippen molar-refractivity contribution in [2.24, 2.45) is 0 Å². The number of cyclic esters (lactones) is 1. The van der Waals surface area contributed by atoms with Crippen LogP contribution in [0.1, 0.15) is 5.56 Å². The van der Waals surface area contributed by atoms with Gasteiger partial charge in [0, 0.05) is 34.6 Å². The number of methoxy groups -OCH3 is 1. The van der Waals surface area contributed by atoms with Crippen molar-refractivity contribution < 1.29 is 33.7 Å². The number of hydrogen-bond acceptors (Lipinski definition) is 9. The number of benzene rings is 2. The van der Waals surface area contributed by atoms with Gasteiger partial charge in [0.05, 0.1) is 42.9 Å². The van der Waals surface area contributed by atoms with E-state index in [4.69, 9.17) is 9.47 Å². The molecule has 1 unspecified atom stereocenters. The maximum atomic E-state index is 14.5. The number of aliphatic hydroxyl groups excluding tert-OH is 2. The second-order valence-corrected chi connectivity index (χ2v) is 9.72. The first-order valence-corrected chi connectivity index (χ1v) is 12.6. The molecular formula is C25H25FN4O6S. The summed E-state index contributed by atoms with van der Waals surface area (Å²) in [6.07, 6.45) is -3.18. The Balaban J connectivity index is 1.21.